The highest BCUT2D eigenvalue weighted by Gasteiger charge is 2.45. The van der Waals surface area contributed by atoms with Crippen LogP contribution < -0.4 is 26.2 Å². The summed E-state index contributed by atoms with van der Waals surface area (Å²) in [5.74, 6) is 0.609. The Kier molecular flexibility index (Phi) is 9.22. The van der Waals surface area contributed by atoms with Crippen LogP contribution >= 0.6 is 0 Å². The summed E-state index contributed by atoms with van der Waals surface area (Å²) in [6.45, 7) is 27.9. The summed E-state index contributed by atoms with van der Waals surface area (Å²) in [6, 6.07) is 55.0. The van der Waals surface area contributed by atoms with Gasteiger partial charge in [0, 0.05) is 39.7 Å². The fourth-order valence-corrected chi connectivity index (χ4v) is 10.3. The molecule has 0 atom stereocenters. The largest absolute Gasteiger partial charge is 0.436 e. The van der Waals surface area contributed by atoms with Crippen molar-refractivity contribution in [2.75, 3.05) is 9.80 Å². The van der Waals surface area contributed by atoms with Crippen molar-refractivity contribution >= 4 is 89.9 Å². The minimum Gasteiger partial charge on any atom is -0.436 e. The van der Waals surface area contributed by atoms with Crippen molar-refractivity contribution < 1.29 is 4.42 Å². The Bertz CT molecular complexity index is 3150. The number of para-hydroxylation sites is 2. The van der Waals surface area contributed by atoms with Crippen LogP contribution in [0.3, 0.4) is 0 Å². The number of hydrogen-bond donors (Lipinski definition) is 0. The number of nitrogens with zero attached hydrogens (tertiary/aromatic N) is 3. The maximum Gasteiger partial charge on any atom is 0.252 e. The van der Waals surface area contributed by atoms with Crippen molar-refractivity contribution in [1.29, 1.82) is 0 Å². The highest BCUT2D eigenvalue weighted by Crippen LogP contribution is 2.49. The highest BCUT2D eigenvalue weighted by atomic mass is 16.3. The van der Waals surface area contributed by atoms with Gasteiger partial charge in [0.05, 0.1) is 0 Å². The van der Waals surface area contributed by atoms with E-state index in [1.54, 1.807) is 0 Å². The van der Waals surface area contributed by atoms with E-state index in [-0.39, 0.29) is 28.4 Å². The molecule has 0 aliphatic carbocycles. The summed E-state index contributed by atoms with van der Waals surface area (Å²) in [5, 5.41) is 4.90. The SMILES string of the molecule is CC(C)(C)c1cc(N2c3cc4ccccc4cc3B3c4cc5ccccc5cc4N(c4cc(C(C)(C)C)cc(C(C)(C)C)c4)c4cc(-c5nc6ccccc6o5)cc2c43)cc(C(C)(C)C)c1. The van der Waals surface area contributed by atoms with Gasteiger partial charge >= 0.3 is 0 Å². The number of benzene rings is 8. The van der Waals surface area contributed by atoms with Crippen molar-refractivity contribution in [3.8, 4) is 11.5 Å². The molecule has 328 valence electrons. The van der Waals surface area contributed by atoms with Gasteiger partial charge in [0.1, 0.15) is 5.52 Å². The van der Waals surface area contributed by atoms with Crippen LogP contribution in [0.5, 0.6) is 0 Å². The Morgan fingerprint density at radius 2 is 0.788 bits per heavy atom. The van der Waals surface area contributed by atoms with Gasteiger partial charge in [-0.2, -0.15) is 0 Å². The summed E-state index contributed by atoms with van der Waals surface area (Å²) in [5.41, 5.74) is 18.3. The van der Waals surface area contributed by atoms with E-state index in [2.05, 4.69) is 214 Å². The van der Waals surface area contributed by atoms with Gasteiger partial charge in [-0.1, -0.05) is 168 Å². The molecule has 8 aromatic carbocycles. The number of oxazole rings is 1. The third-order valence-electron chi connectivity index (χ3n) is 14.2. The third-order valence-corrected chi connectivity index (χ3v) is 14.2. The van der Waals surface area contributed by atoms with E-state index in [1.807, 2.05) is 24.3 Å². The zero-order valence-corrected chi connectivity index (χ0v) is 40.7. The van der Waals surface area contributed by atoms with E-state index in [4.69, 9.17) is 9.40 Å². The molecular weight excluding hydrogens is 802 g/mol. The first-order chi connectivity index (χ1) is 31.2. The smallest absolute Gasteiger partial charge is 0.252 e. The molecule has 0 unspecified atom stereocenters. The lowest BCUT2D eigenvalue weighted by Gasteiger charge is -2.45. The van der Waals surface area contributed by atoms with Crippen molar-refractivity contribution in [3.05, 3.63) is 168 Å². The van der Waals surface area contributed by atoms with Crippen LogP contribution in [0.15, 0.2) is 150 Å². The topological polar surface area (TPSA) is 32.5 Å². The molecule has 66 heavy (non-hydrogen) atoms. The van der Waals surface area contributed by atoms with E-state index in [0.29, 0.717) is 5.89 Å². The molecular formula is C61H60BN3O. The quantitative estimate of drug-likeness (QED) is 0.166. The molecule has 0 radical (unpaired) electrons. The van der Waals surface area contributed by atoms with E-state index < -0.39 is 0 Å². The predicted molar refractivity (Wildman–Crippen MR) is 283 cm³/mol. The van der Waals surface area contributed by atoms with Crippen LogP contribution in [0.1, 0.15) is 105 Å². The third kappa shape index (κ3) is 6.93. The molecule has 0 amide bonds. The molecule has 9 aromatic rings. The summed E-state index contributed by atoms with van der Waals surface area (Å²) >= 11 is 0. The van der Waals surface area contributed by atoms with Crippen molar-refractivity contribution in [3.63, 3.8) is 0 Å². The van der Waals surface area contributed by atoms with Crippen LogP contribution in [-0.4, -0.2) is 11.7 Å². The fourth-order valence-electron chi connectivity index (χ4n) is 10.3. The summed E-state index contributed by atoms with van der Waals surface area (Å²) < 4.78 is 6.73. The molecule has 11 rings (SSSR count). The molecule has 0 bridgehead atoms. The van der Waals surface area contributed by atoms with Crippen molar-refractivity contribution in [1.82, 2.24) is 4.98 Å². The molecule has 2 aliphatic heterocycles. The maximum atomic E-state index is 6.73. The summed E-state index contributed by atoms with van der Waals surface area (Å²) in [4.78, 5) is 10.3. The summed E-state index contributed by atoms with van der Waals surface area (Å²) in [7, 11) is 0. The molecule has 4 nitrogen and oxygen atoms in total. The number of hydrogen-bond acceptors (Lipinski definition) is 4. The van der Waals surface area contributed by atoms with Gasteiger partial charge < -0.3 is 14.2 Å². The lowest BCUT2D eigenvalue weighted by atomic mass is 9.33. The van der Waals surface area contributed by atoms with Crippen molar-refractivity contribution in [2.24, 2.45) is 0 Å². The first-order valence-electron chi connectivity index (χ1n) is 23.7. The Morgan fingerprint density at radius 3 is 1.18 bits per heavy atom. The summed E-state index contributed by atoms with van der Waals surface area (Å²) in [6.07, 6.45) is 0. The standard InChI is InChI=1S/C61H60BN3O/c1-58(2,3)42-31-43(59(4,5)6)34-46(33-42)64-51-27-39-21-15-13-19-37(39)25-48(51)62-49-26-38-20-14-16-22-40(38)28-52(49)65(47-35-44(60(7,8)9)32-45(36-47)61(10,11)12)54-30-41(29-53(64)56(54)62)57-63-50-23-17-18-24-55(50)66-57/h13-36H,1-12H3. The lowest BCUT2D eigenvalue weighted by Crippen LogP contribution is -2.61. The second kappa shape index (κ2) is 14.5. The van der Waals surface area contributed by atoms with Crippen LogP contribution in [0.4, 0.5) is 34.1 Å². The average molecular weight is 862 g/mol. The molecule has 3 heterocycles. The fraction of sp³-hybridized carbons (Fsp3) is 0.262. The second-order valence-corrected chi connectivity index (χ2v) is 23.1. The van der Waals surface area contributed by atoms with Crippen LogP contribution in [-0.2, 0) is 21.7 Å². The van der Waals surface area contributed by atoms with E-state index in [0.717, 1.165) is 39.4 Å². The van der Waals surface area contributed by atoms with Crippen LogP contribution in [0.2, 0.25) is 0 Å². The van der Waals surface area contributed by atoms with Gasteiger partial charge in [-0.3, -0.25) is 0 Å². The van der Waals surface area contributed by atoms with Gasteiger partial charge in [0.2, 0.25) is 5.89 Å². The second-order valence-electron chi connectivity index (χ2n) is 23.1. The maximum absolute atomic E-state index is 6.73. The van der Waals surface area contributed by atoms with Gasteiger partial charge in [-0.25, -0.2) is 4.98 Å². The number of rotatable bonds is 3. The molecule has 1 aromatic heterocycles. The Labute approximate surface area is 391 Å². The molecule has 0 N–H and O–H groups in total. The van der Waals surface area contributed by atoms with E-state index >= 15 is 0 Å². The van der Waals surface area contributed by atoms with E-state index in [9.17, 15) is 0 Å². The van der Waals surface area contributed by atoms with Gasteiger partial charge in [0.25, 0.3) is 6.71 Å². The normalized spacial score (nSPS) is 14.0. The predicted octanol–water partition coefficient (Wildman–Crippen LogP) is 15.1. The van der Waals surface area contributed by atoms with Gasteiger partial charge in [0.15, 0.2) is 5.58 Å². The van der Waals surface area contributed by atoms with Crippen LogP contribution in [0, 0.1) is 0 Å². The first kappa shape index (κ1) is 42.1. The minimum absolute atomic E-state index is 0.0693. The number of aromatic nitrogens is 1. The van der Waals surface area contributed by atoms with Crippen LogP contribution in [0.25, 0.3) is 44.1 Å². The Balaban J connectivity index is 1.33. The van der Waals surface area contributed by atoms with Gasteiger partial charge in [-0.05, 0) is 143 Å². The highest BCUT2D eigenvalue weighted by molar-refractivity contribution is 7.00. The van der Waals surface area contributed by atoms with Gasteiger partial charge in [-0.15, -0.1) is 0 Å². The van der Waals surface area contributed by atoms with E-state index in [1.165, 1.54) is 71.6 Å². The zero-order valence-electron chi connectivity index (χ0n) is 40.7. The zero-order chi connectivity index (χ0) is 46.2. The number of anilines is 6. The number of fused-ring (bicyclic) bond motifs is 7. The molecule has 0 fully saturated rings. The average Bonchev–Trinajstić information content (AvgIpc) is 3.71. The van der Waals surface area contributed by atoms with Crippen molar-refractivity contribution in [2.45, 2.75) is 105 Å². The Hall–Kier alpha value is -6.59. The first-order valence-corrected chi connectivity index (χ1v) is 23.7. The molecule has 0 saturated carbocycles. The molecule has 0 saturated heterocycles. The minimum atomic E-state index is -0.0837. The Morgan fingerprint density at radius 1 is 0.409 bits per heavy atom. The monoisotopic (exact) mass is 861 g/mol. The molecule has 5 heteroatoms. The molecule has 0 spiro atoms. The molecule has 2 aliphatic rings. The lowest BCUT2D eigenvalue weighted by molar-refractivity contribution is 0.568.